The number of rotatable bonds is 18. The van der Waals surface area contributed by atoms with Gasteiger partial charge >= 0.3 is 0 Å². The van der Waals surface area contributed by atoms with Gasteiger partial charge in [-0.2, -0.15) is 4.98 Å². The Morgan fingerprint density at radius 3 is 2.41 bits per heavy atom. The lowest BCUT2D eigenvalue weighted by molar-refractivity contribution is -0.140. The molecule has 0 spiro atoms. The Labute approximate surface area is 336 Å². The molecular formula is C41H61N7O6S2. The van der Waals surface area contributed by atoms with Crippen LogP contribution in [-0.2, 0) is 30.8 Å². The number of unbranched alkanes of at least 4 members (excludes halogenated alkanes) is 2. The Kier molecular flexibility index (Phi) is 13.7. The number of carbonyl (C=O) groups excluding carboxylic acids is 3. The second kappa shape index (κ2) is 17.8. The molecule has 0 unspecified atom stereocenters. The first-order chi connectivity index (χ1) is 26.3. The van der Waals surface area contributed by atoms with Crippen LogP contribution in [0.15, 0.2) is 30.4 Å². The average Bonchev–Trinajstić information content (AvgIpc) is 3.39. The molecule has 5 atom stereocenters. The Morgan fingerprint density at radius 1 is 1.07 bits per heavy atom. The van der Waals surface area contributed by atoms with Crippen LogP contribution in [0, 0.1) is 17.3 Å². The number of imidazole rings is 1. The highest BCUT2D eigenvalue weighted by atomic mass is 32.2. The summed E-state index contributed by atoms with van der Waals surface area (Å²) in [5.41, 5.74) is 15.2. The lowest BCUT2D eigenvalue weighted by Crippen LogP contribution is -2.54. The van der Waals surface area contributed by atoms with Crippen LogP contribution in [0.2, 0.25) is 0 Å². The molecule has 1 aliphatic carbocycles. The van der Waals surface area contributed by atoms with Gasteiger partial charge in [0.15, 0.2) is 0 Å². The van der Waals surface area contributed by atoms with E-state index in [4.69, 9.17) is 26.2 Å². The zero-order valence-electron chi connectivity index (χ0n) is 34.2. The number of fused-ring (bicyclic) bond motifs is 1. The molecule has 1 saturated carbocycles. The van der Waals surface area contributed by atoms with Crippen molar-refractivity contribution >= 4 is 50.1 Å². The van der Waals surface area contributed by atoms with Crippen molar-refractivity contribution in [3.05, 3.63) is 40.9 Å². The molecule has 3 aromatic rings. The minimum absolute atomic E-state index is 0.00164. The molecule has 2 fully saturated rings. The number of carbonyl (C=O) groups is 3. The smallest absolute Gasteiger partial charge is 0.297 e. The Morgan fingerprint density at radius 2 is 1.79 bits per heavy atom. The minimum Gasteiger partial charge on any atom is -0.459 e. The monoisotopic (exact) mass is 811 g/mol. The summed E-state index contributed by atoms with van der Waals surface area (Å²) in [7, 11) is -3.60. The molecule has 56 heavy (non-hydrogen) atoms. The van der Waals surface area contributed by atoms with Crippen LogP contribution in [0.1, 0.15) is 123 Å². The first-order valence-electron chi connectivity index (χ1n) is 20.0. The minimum atomic E-state index is -3.60. The average molecular weight is 812 g/mol. The number of ether oxygens (including phenoxy) is 1. The van der Waals surface area contributed by atoms with E-state index in [-0.39, 0.29) is 48.4 Å². The number of nitrogens with one attached hydrogen (secondary N) is 1. The summed E-state index contributed by atoms with van der Waals surface area (Å²) >= 11 is 1.67. The van der Waals surface area contributed by atoms with Crippen molar-refractivity contribution in [2.24, 2.45) is 28.7 Å². The van der Waals surface area contributed by atoms with E-state index < -0.39 is 39.5 Å². The topological polar surface area (TPSA) is 193 Å². The second-order valence-corrected chi connectivity index (χ2v) is 20.0. The van der Waals surface area contributed by atoms with Gasteiger partial charge in [0.05, 0.1) is 29.6 Å². The Balaban J connectivity index is 1.25. The van der Waals surface area contributed by atoms with Gasteiger partial charge in [0.25, 0.3) is 6.01 Å². The molecule has 0 radical (unpaired) electrons. The molecule has 5 N–H and O–H groups in total. The quantitative estimate of drug-likeness (QED) is 0.0988. The van der Waals surface area contributed by atoms with Crippen molar-refractivity contribution < 1.29 is 27.5 Å². The summed E-state index contributed by atoms with van der Waals surface area (Å²) < 4.78 is 35.5. The number of benzene rings is 1. The van der Waals surface area contributed by atoms with Crippen LogP contribution in [0.4, 0.5) is 0 Å². The van der Waals surface area contributed by atoms with E-state index in [2.05, 4.69) is 44.6 Å². The lowest BCUT2D eigenvalue weighted by atomic mass is 9.86. The number of nitrogens with two attached hydrogens (primary N) is 2. The van der Waals surface area contributed by atoms with Gasteiger partial charge in [-0.3, -0.25) is 23.7 Å². The first kappa shape index (κ1) is 43.3. The van der Waals surface area contributed by atoms with Crippen molar-refractivity contribution in [3.8, 4) is 16.6 Å². The van der Waals surface area contributed by atoms with Crippen LogP contribution in [0.25, 0.3) is 21.6 Å². The normalized spacial score (nSPS) is 20.7. The molecule has 5 rings (SSSR count). The number of likely N-dealkylation sites (tertiary alicyclic amines) is 1. The third-order valence-electron chi connectivity index (χ3n) is 10.8. The zero-order valence-corrected chi connectivity index (χ0v) is 35.8. The first-order valence-corrected chi connectivity index (χ1v) is 22.5. The van der Waals surface area contributed by atoms with E-state index in [1.165, 1.54) is 9.78 Å². The van der Waals surface area contributed by atoms with E-state index in [0.717, 1.165) is 65.8 Å². The fraction of sp³-hybridized carbons (Fsp3) is 0.634. The summed E-state index contributed by atoms with van der Waals surface area (Å²) in [5, 5.41) is 0.876. The summed E-state index contributed by atoms with van der Waals surface area (Å²) in [6, 6.07) is 4.83. The molecule has 308 valence electrons. The van der Waals surface area contributed by atoms with Crippen molar-refractivity contribution in [2.75, 3.05) is 12.3 Å². The molecule has 2 aromatic heterocycles. The molecule has 13 nitrogen and oxygen atoms in total. The molecule has 2 aliphatic rings. The highest BCUT2D eigenvalue weighted by Crippen LogP contribution is 2.41. The number of aryl methyl sites for hydroxylation is 1. The molecule has 1 aromatic carbocycles. The van der Waals surface area contributed by atoms with E-state index in [0.29, 0.717) is 18.3 Å². The van der Waals surface area contributed by atoms with Crippen molar-refractivity contribution in [3.63, 3.8) is 0 Å². The number of allylic oxidation sites excluding steroid dienone is 2. The summed E-state index contributed by atoms with van der Waals surface area (Å²) in [5.74, 6) is -0.931. The molecule has 0 bridgehead atoms. The number of aromatic nitrogens is 3. The molecule has 1 saturated heterocycles. The van der Waals surface area contributed by atoms with Gasteiger partial charge in [0.2, 0.25) is 27.7 Å². The number of amides is 3. The van der Waals surface area contributed by atoms with Gasteiger partial charge in [0.1, 0.15) is 22.7 Å². The van der Waals surface area contributed by atoms with E-state index in [9.17, 15) is 22.8 Å². The molecule has 3 heterocycles. The standard InChI is InChI=1S/C41H61N7O6S2/c1-9-26-21-29(26)37(50)46-56(52,53)20-15-13-11-10-12-14-19-32-33(24(2)3)44-38(55-32)28-17-16-18-30-34(28)45-40(48(30)25(4)5)54-27-22-31(36(43)49)47(23-27)39(51)35(42)41(6,7)8/h10,12,16-18,24-27,29,31,35H,9,11,13-15,19-23,42H2,1-8H3,(H2,43,49)(H,46,50)/b12-10+/t26-,27-,29+,31+,35-/m1/s1. The number of para-hydroxylation sites is 1. The van der Waals surface area contributed by atoms with Gasteiger partial charge in [-0.25, -0.2) is 13.4 Å². The number of thiazole rings is 1. The van der Waals surface area contributed by atoms with Gasteiger partial charge in [-0.15, -0.1) is 11.3 Å². The maximum absolute atomic E-state index is 13.4. The van der Waals surface area contributed by atoms with Crippen molar-refractivity contribution in [2.45, 2.75) is 137 Å². The molecule has 3 amide bonds. The second-order valence-electron chi connectivity index (χ2n) is 17.0. The largest absolute Gasteiger partial charge is 0.459 e. The Hall–Kier alpha value is -3.82. The summed E-state index contributed by atoms with van der Waals surface area (Å²) in [6.45, 7) is 16.3. The fourth-order valence-electron chi connectivity index (χ4n) is 7.36. The Bertz CT molecular complexity index is 2030. The van der Waals surface area contributed by atoms with Gasteiger partial charge in [-0.1, -0.05) is 66.2 Å². The zero-order chi connectivity index (χ0) is 41.1. The van der Waals surface area contributed by atoms with Crippen LogP contribution in [0.5, 0.6) is 6.01 Å². The highest BCUT2D eigenvalue weighted by molar-refractivity contribution is 7.90. The lowest BCUT2D eigenvalue weighted by Gasteiger charge is -2.31. The SMILES string of the molecule is CC[C@@H]1C[C@@H]1C(=O)NS(=O)(=O)CCCC/C=C/CCc1sc(-c2cccc3c2nc(O[C@@H]2C[C@@H](C(N)=O)N(C(=O)[C@@H](N)C(C)(C)C)C2)n3C(C)C)nc1C(C)C. The number of nitrogens with zero attached hydrogens (tertiary/aromatic N) is 4. The number of sulfonamides is 1. The number of hydrogen-bond donors (Lipinski definition) is 3. The predicted octanol–water partition coefficient (Wildman–Crippen LogP) is 6.22. The van der Waals surface area contributed by atoms with Crippen LogP contribution >= 0.6 is 11.3 Å². The summed E-state index contributed by atoms with van der Waals surface area (Å²) in [6.07, 6.45) is 9.30. The summed E-state index contributed by atoms with van der Waals surface area (Å²) in [4.78, 5) is 50.9. The maximum Gasteiger partial charge on any atom is 0.297 e. The van der Waals surface area contributed by atoms with E-state index >= 15 is 0 Å². The van der Waals surface area contributed by atoms with Crippen LogP contribution in [-0.4, -0.2) is 76.1 Å². The number of primary amides is 1. The van der Waals surface area contributed by atoms with Crippen molar-refractivity contribution in [1.82, 2.24) is 24.2 Å². The highest BCUT2D eigenvalue weighted by Gasteiger charge is 2.44. The molecular weight excluding hydrogens is 751 g/mol. The van der Waals surface area contributed by atoms with Gasteiger partial charge in [-0.05, 0) is 81.8 Å². The fourth-order valence-corrected chi connectivity index (χ4v) is 9.76. The third-order valence-corrected chi connectivity index (χ3v) is 13.3. The van der Waals surface area contributed by atoms with E-state index in [1.54, 1.807) is 11.3 Å². The molecule has 15 heteroatoms. The molecule has 1 aliphatic heterocycles. The van der Waals surface area contributed by atoms with Crippen LogP contribution < -0.4 is 20.9 Å². The van der Waals surface area contributed by atoms with Crippen molar-refractivity contribution in [1.29, 1.82) is 0 Å². The van der Waals surface area contributed by atoms with Crippen LogP contribution in [0.3, 0.4) is 0 Å². The predicted molar refractivity (Wildman–Crippen MR) is 222 cm³/mol. The number of hydrogen-bond acceptors (Lipinski definition) is 10. The van der Waals surface area contributed by atoms with Gasteiger partial charge < -0.3 is 21.1 Å². The third kappa shape index (κ3) is 10.2. The van der Waals surface area contributed by atoms with E-state index in [1.807, 2.05) is 50.5 Å². The maximum atomic E-state index is 13.4. The van der Waals surface area contributed by atoms with Gasteiger partial charge in [0, 0.05) is 28.8 Å².